The van der Waals surface area contributed by atoms with Gasteiger partial charge >= 0.3 is 0 Å². The van der Waals surface area contributed by atoms with Gasteiger partial charge in [0.2, 0.25) is 5.91 Å². The molecule has 0 fully saturated rings. The molecular formula is C14H12ClN3O2S. The van der Waals surface area contributed by atoms with E-state index in [0.29, 0.717) is 16.5 Å². The number of anilines is 1. The number of aromatic nitrogens is 2. The van der Waals surface area contributed by atoms with Crippen molar-refractivity contribution in [2.24, 2.45) is 0 Å². The molecule has 0 saturated heterocycles. The number of ether oxygens (including phenoxy) is 1. The van der Waals surface area contributed by atoms with Crippen molar-refractivity contribution >= 4 is 39.5 Å². The first-order chi connectivity index (χ1) is 10.2. The summed E-state index contributed by atoms with van der Waals surface area (Å²) >= 11 is 7.56. The number of carbonyl (C=O) groups excluding carboxylic acids is 1. The van der Waals surface area contributed by atoms with Gasteiger partial charge in [0, 0.05) is 23.5 Å². The van der Waals surface area contributed by atoms with E-state index in [2.05, 4.69) is 10.3 Å². The van der Waals surface area contributed by atoms with Gasteiger partial charge in [0.25, 0.3) is 0 Å². The van der Waals surface area contributed by atoms with Crippen molar-refractivity contribution in [2.45, 2.75) is 6.42 Å². The van der Waals surface area contributed by atoms with Crippen LogP contribution < -0.4 is 10.1 Å². The molecule has 1 N–H and O–H groups in total. The van der Waals surface area contributed by atoms with Crippen LogP contribution in [0, 0.1) is 0 Å². The minimum atomic E-state index is -0.137. The highest BCUT2D eigenvalue weighted by molar-refractivity contribution is 7.15. The number of nitrogens with zero attached hydrogens (tertiary/aromatic N) is 2. The van der Waals surface area contributed by atoms with Gasteiger partial charge in [-0.2, -0.15) is 0 Å². The molecule has 2 aromatic heterocycles. The fourth-order valence-electron chi connectivity index (χ4n) is 1.98. The molecule has 1 aromatic carbocycles. The Balaban J connectivity index is 1.68. The highest BCUT2D eigenvalue weighted by atomic mass is 35.5. The monoisotopic (exact) mass is 321 g/mol. The molecule has 0 aliphatic heterocycles. The average Bonchev–Trinajstić information content (AvgIpc) is 2.99. The van der Waals surface area contributed by atoms with E-state index < -0.39 is 0 Å². The lowest BCUT2D eigenvalue weighted by atomic mass is 10.2. The van der Waals surface area contributed by atoms with E-state index in [0.717, 1.165) is 10.7 Å². The summed E-state index contributed by atoms with van der Waals surface area (Å²) < 4.78 is 6.97. The van der Waals surface area contributed by atoms with E-state index in [-0.39, 0.29) is 12.3 Å². The van der Waals surface area contributed by atoms with E-state index in [4.69, 9.17) is 16.3 Å². The Morgan fingerprint density at radius 3 is 3.10 bits per heavy atom. The molecule has 0 unspecified atom stereocenters. The molecule has 0 spiro atoms. The zero-order chi connectivity index (χ0) is 14.8. The molecule has 2 heterocycles. The SMILES string of the molecule is COc1ccc(NC(=O)Cc2cn3ccsc3n2)cc1Cl. The molecule has 0 radical (unpaired) electrons. The van der Waals surface area contributed by atoms with Gasteiger partial charge < -0.3 is 10.1 Å². The van der Waals surface area contributed by atoms with Crippen LogP contribution in [0.2, 0.25) is 5.02 Å². The molecule has 108 valence electrons. The van der Waals surface area contributed by atoms with E-state index >= 15 is 0 Å². The Bertz CT molecular complexity index is 768. The van der Waals surface area contributed by atoms with Crippen molar-refractivity contribution in [3.8, 4) is 5.75 Å². The Kier molecular flexibility index (Phi) is 3.81. The minimum Gasteiger partial charge on any atom is -0.495 e. The van der Waals surface area contributed by atoms with Crippen molar-refractivity contribution in [3.63, 3.8) is 0 Å². The summed E-state index contributed by atoms with van der Waals surface area (Å²) in [5.41, 5.74) is 1.37. The molecule has 0 bridgehead atoms. The van der Waals surface area contributed by atoms with Gasteiger partial charge in [-0.1, -0.05) is 11.6 Å². The van der Waals surface area contributed by atoms with Gasteiger partial charge in [-0.15, -0.1) is 11.3 Å². The summed E-state index contributed by atoms with van der Waals surface area (Å²) in [4.78, 5) is 17.3. The molecule has 0 aliphatic rings. The lowest BCUT2D eigenvalue weighted by Gasteiger charge is -2.07. The normalized spacial score (nSPS) is 10.8. The molecule has 3 aromatic rings. The number of halogens is 1. The van der Waals surface area contributed by atoms with Gasteiger partial charge in [-0.05, 0) is 18.2 Å². The number of amides is 1. The third-order valence-corrected chi connectivity index (χ3v) is 3.99. The number of methoxy groups -OCH3 is 1. The lowest BCUT2D eigenvalue weighted by molar-refractivity contribution is -0.115. The Morgan fingerprint density at radius 1 is 1.52 bits per heavy atom. The van der Waals surface area contributed by atoms with Gasteiger partial charge in [0.05, 0.1) is 24.2 Å². The van der Waals surface area contributed by atoms with Crippen LogP contribution in [0.3, 0.4) is 0 Å². The number of fused-ring (bicyclic) bond motifs is 1. The number of imidazole rings is 1. The number of thiazole rings is 1. The van der Waals surface area contributed by atoms with Crippen LogP contribution in [0.15, 0.2) is 36.0 Å². The minimum absolute atomic E-state index is 0.137. The fourth-order valence-corrected chi connectivity index (χ4v) is 2.95. The summed E-state index contributed by atoms with van der Waals surface area (Å²) in [6.45, 7) is 0. The maximum Gasteiger partial charge on any atom is 0.230 e. The number of benzene rings is 1. The zero-order valence-corrected chi connectivity index (χ0v) is 12.7. The lowest BCUT2D eigenvalue weighted by Crippen LogP contribution is -2.14. The highest BCUT2D eigenvalue weighted by Crippen LogP contribution is 2.27. The van der Waals surface area contributed by atoms with Crippen molar-refractivity contribution in [3.05, 3.63) is 46.7 Å². The van der Waals surface area contributed by atoms with Crippen LogP contribution in [0.1, 0.15) is 5.69 Å². The Hall–Kier alpha value is -2.05. The Morgan fingerprint density at radius 2 is 2.38 bits per heavy atom. The molecule has 0 saturated carbocycles. The van der Waals surface area contributed by atoms with Crippen LogP contribution in [0.4, 0.5) is 5.69 Å². The fraction of sp³-hybridized carbons (Fsp3) is 0.143. The van der Waals surface area contributed by atoms with Crippen LogP contribution in [-0.2, 0) is 11.2 Å². The molecule has 3 rings (SSSR count). The predicted molar refractivity (Wildman–Crippen MR) is 83.4 cm³/mol. The van der Waals surface area contributed by atoms with Crippen molar-refractivity contribution in [2.75, 3.05) is 12.4 Å². The molecule has 1 amide bonds. The largest absolute Gasteiger partial charge is 0.495 e. The number of carbonyl (C=O) groups is 1. The molecule has 5 nitrogen and oxygen atoms in total. The van der Waals surface area contributed by atoms with Crippen LogP contribution in [0.5, 0.6) is 5.75 Å². The van der Waals surface area contributed by atoms with Crippen molar-refractivity contribution in [1.29, 1.82) is 0 Å². The maximum atomic E-state index is 12.0. The molecule has 21 heavy (non-hydrogen) atoms. The number of nitrogens with one attached hydrogen (secondary N) is 1. The topological polar surface area (TPSA) is 55.6 Å². The van der Waals surface area contributed by atoms with Gasteiger partial charge in [-0.25, -0.2) is 4.98 Å². The smallest absolute Gasteiger partial charge is 0.230 e. The van der Waals surface area contributed by atoms with Crippen LogP contribution in [0.25, 0.3) is 4.96 Å². The summed E-state index contributed by atoms with van der Waals surface area (Å²) in [5.74, 6) is 0.436. The maximum absolute atomic E-state index is 12.0. The van der Waals surface area contributed by atoms with Gasteiger partial charge in [0.1, 0.15) is 5.75 Å². The molecular weight excluding hydrogens is 310 g/mol. The van der Waals surface area contributed by atoms with E-state index in [1.165, 1.54) is 11.3 Å². The summed E-state index contributed by atoms with van der Waals surface area (Å²) in [6.07, 6.45) is 3.99. The van der Waals surface area contributed by atoms with E-state index in [1.807, 2.05) is 22.2 Å². The van der Waals surface area contributed by atoms with E-state index in [1.54, 1.807) is 25.3 Å². The first-order valence-corrected chi connectivity index (χ1v) is 7.46. The summed E-state index contributed by atoms with van der Waals surface area (Å²) in [6, 6.07) is 5.11. The standard InChI is InChI=1S/C14H12ClN3O2S/c1-20-12-3-2-9(6-11(12)15)16-13(19)7-10-8-18-4-5-21-14(18)17-10/h2-6,8H,7H2,1H3,(H,16,19). The van der Waals surface area contributed by atoms with E-state index in [9.17, 15) is 4.79 Å². The average molecular weight is 322 g/mol. The highest BCUT2D eigenvalue weighted by Gasteiger charge is 2.10. The van der Waals surface area contributed by atoms with Crippen LogP contribution >= 0.6 is 22.9 Å². The predicted octanol–water partition coefficient (Wildman–Crippen LogP) is 3.24. The first-order valence-electron chi connectivity index (χ1n) is 6.20. The van der Waals surface area contributed by atoms with Crippen molar-refractivity contribution < 1.29 is 9.53 Å². The first kappa shape index (κ1) is 13.9. The Labute approximate surface area is 130 Å². The zero-order valence-electron chi connectivity index (χ0n) is 11.2. The quantitative estimate of drug-likeness (QED) is 0.802. The second kappa shape index (κ2) is 5.75. The molecule has 0 atom stereocenters. The third kappa shape index (κ3) is 3.01. The van der Waals surface area contributed by atoms with Gasteiger partial charge in [0.15, 0.2) is 4.96 Å². The second-order valence-electron chi connectivity index (χ2n) is 4.40. The molecule has 0 aliphatic carbocycles. The molecule has 7 heteroatoms. The summed E-state index contributed by atoms with van der Waals surface area (Å²) in [5, 5.41) is 5.20. The third-order valence-electron chi connectivity index (χ3n) is 2.92. The summed E-state index contributed by atoms with van der Waals surface area (Å²) in [7, 11) is 1.55. The second-order valence-corrected chi connectivity index (χ2v) is 5.68. The van der Waals surface area contributed by atoms with Crippen molar-refractivity contribution in [1.82, 2.24) is 9.38 Å². The number of rotatable bonds is 4. The van der Waals surface area contributed by atoms with Gasteiger partial charge in [-0.3, -0.25) is 9.20 Å². The number of hydrogen-bond acceptors (Lipinski definition) is 4. The number of hydrogen-bond donors (Lipinski definition) is 1. The van der Waals surface area contributed by atoms with Crippen LogP contribution in [-0.4, -0.2) is 22.4 Å².